The van der Waals surface area contributed by atoms with Crippen LogP contribution < -0.4 is 5.32 Å². The van der Waals surface area contributed by atoms with Gasteiger partial charge in [0.25, 0.3) is 0 Å². The highest BCUT2D eigenvalue weighted by molar-refractivity contribution is 5.82. The fraction of sp³-hybridized carbons (Fsp3) is 0.909. The minimum atomic E-state index is -4.30. The summed E-state index contributed by atoms with van der Waals surface area (Å²) in [6.07, 6.45) is -1.73. The minimum Gasteiger partial charge on any atom is -0.336 e. The van der Waals surface area contributed by atoms with E-state index in [2.05, 4.69) is 5.32 Å². The topological polar surface area (TPSA) is 32.3 Å². The zero-order valence-corrected chi connectivity index (χ0v) is 9.81. The van der Waals surface area contributed by atoms with E-state index in [1.165, 1.54) is 7.05 Å². The Labute approximate surface area is 98.3 Å². The third-order valence-corrected chi connectivity index (χ3v) is 3.88. The van der Waals surface area contributed by atoms with Gasteiger partial charge in [-0.1, -0.05) is 0 Å². The monoisotopic (exact) mass is 250 g/mol. The fourth-order valence-electron chi connectivity index (χ4n) is 2.79. The van der Waals surface area contributed by atoms with Gasteiger partial charge in [-0.15, -0.1) is 0 Å². The van der Waals surface area contributed by atoms with Crippen molar-refractivity contribution in [3.63, 3.8) is 0 Å². The first-order chi connectivity index (χ1) is 7.84. The molecule has 0 aromatic rings. The number of piperidine rings is 1. The van der Waals surface area contributed by atoms with Gasteiger partial charge >= 0.3 is 6.18 Å². The molecule has 0 bridgehead atoms. The van der Waals surface area contributed by atoms with Crippen molar-refractivity contribution < 1.29 is 18.0 Å². The van der Waals surface area contributed by atoms with E-state index in [0.717, 1.165) is 37.3 Å². The molecular weight excluding hydrogens is 233 g/mol. The Morgan fingerprint density at radius 1 is 1.41 bits per heavy atom. The molecule has 1 heterocycles. The van der Waals surface area contributed by atoms with Gasteiger partial charge in [0.2, 0.25) is 5.91 Å². The number of carbonyl (C=O) groups excluding carboxylic acids is 1. The van der Waals surface area contributed by atoms with Crippen molar-refractivity contribution in [1.82, 2.24) is 10.2 Å². The van der Waals surface area contributed by atoms with Gasteiger partial charge in [-0.3, -0.25) is 4.79 Å². The van der Waals surface area contributed by atoms with E-state index in [4.69, 9.17) is 0 Å². The third kappa shape index (κ3) is 2.73. The molecule has 1 aliphatic heterocycles. The van der Waals surface area contributed by atoms with Crippen LogP contribution in [-0.2, 0) is 4.79 Å². The molecule has 1 atom stereocenters. The van der Waals surface area contributed by atoms with Crippen LogP contribution in [0.25, 0.3) is 0 Å². The quantitative estimate of drug-likeness (QED) is 0.803. The summed E-state index contributed by atoms with van der Waals surface area (Å²) in [4.78, 5) is 12.7. The van der Waals surface area contributed by atoms with Gasteiger partial charge in [0.05, 0.1) is 0 Å². The molecule has 2 fully saturated rings. The Morgan fingerprint density at radius 2 is 2.00 bits per heavy atom. The van der Waals surface area contributed by atoms with Crippen LogP contribution >= 0.6 is 0 Å². The second kappa shape index (κ2) is 4.15. The van der Waals surface area contributed by atoms with Crippen molar-refractivity contribution in [1.29, 1.82) is 0 Å². The van der Waals surface area contributed by atoms with E-state index in [1.807, 2.05) is 0 Å². The third-order valence-electron chi connectivity index (χ3n) is 3.88. The summed E-state index contributed by atoms with van der Waals surface area (Å²) in [5.74, 6) is -0.527. The second-order valence-electron chi connectivity index (χ2n) is 5.18. The molecule has 1 saturated heterocycles. The first-order valence-electron chi connectivity index (χ1n) is 5.87. The number of nitrogens with one attached hydrogen (secondary N) is 1. The average molecular weight is 250 g/mol. The van der Waals surface area contributed by atoms with Crippen molar-refractivity contribution in [3.05, 3.63) is 0 Å². The van der Waals surface area contributed by atoms with E-state index in [1.54, 1.807) is 0 Å². The van der Waals surface area contributed by atoms with E-state index in [-0.39, 0.29) is 17.2 Å². The van der Waals surface area contributed by atoms with Gasteiger partial charge in [-0.2, -0.15) is 13.2 Å². The maximum Gasteiger partial charge on any atom is 0.406 e. The Kier molecular flexibility index (Phi) is 3.10. The second-order valence-corrected chi connectivity index (χ2v) is 5.18. The predicted octanol–water partition coefficient (Wildman–Crippen LogP) is 1.40. The molecule has 6 heteroatoms. The van der Waals surface area contributed by atoms with Crippen LogP contribution in [0.4, 0.5) is 13.2 Å². The van der Waals surface area contributed by atoms with Crippen LogP contribution in [0, 0.1) is 11.3 Å². The first-order valence-corrected chi connectivity index (χ1v) is 5.87. The van der Waals surface area contributed by atoms with Crippen molar-refractivity contribution in [2.24, 2.45) is 11.3 Å². The summed E-state index contributed by atoms with van der Waals surface area (Å²) in [6, 6.07) is 0. The van der Waals surface area contributed by atoms with Crippen molar-refractivity contribution in [3.8, 4) is 0 Å². The number of nitrogens with zero attached hydrogens (tertiary/aromatic N) is 1. The average Bonchev–Trinajstić information content (AvgIpc) is 2.89. The van der Waals surface area contributed by atoms with Crippen LogP contribution in [-0.4, -0.2) is 43.7 Å². The summed E-state index contributed by atoms with van der Waals surface area (Å²) in [6.45, 7) is 0.593. The maximum absolute atomic E-state index is 12.2. The molecular formula is C11H17F3N2O. The predicted molar refractivity (Wildman–Crippen MR) is 56.3 cm³/mol. The number of rotatable bonds is 2. The Bertz CT molecular complexity index is 310. The molecule has 2 rings (SSSR count). The van der Waals surface area contributed by atoms with Gasteiger partial charge in [-0.05, 0) is 37.8 Å². The summed E-state index contributed by atoms with van der Waals surface area (Å²) >= 11 is 0. The standard InChI is InChI=1S/C11H17F3N2O/c1-16(7-11(12,13)14)9(17)8-6-10(8)2-4-15-5-3-10/h8,15H,2-7H2,1H3. The molecule has 0 radical (unpaired) electrons. The van der Waals surface area contributed by atoms with Crippen LogP contribution in [0.5, 0.6) is 0 Å². The van der Waals surface area contributed by atoms with Gasteiger partial charge < -0.3 is 10.2 Å². The van der Waals surface area contributed by atoms with Gasteiger partial charge in [0, 0.05) is 13.0 Å². The molecule has 98 valence electrons. The van der Waals surface area contributed by atoms with E-state index in [9.17, 15) is 18.0 Å². The lowest BCUT2D eigenvalue weighted by atomic mass is 9.91. The lowest BCUT2D eigenvalue weighted by Crippen LogP contribution is -2.39. The molecule has 0 aromatic heterocycles. The molecule has 3 nitrogen and oxygen atoms in total. The number of hydrogen-bond acceptors (Lipinski definition) is 2. The molecule has 2 aliphatic rings. The number of hydrogen-bond donors (Lipinski definition) is 1. The first kappa shape index (κ1) is 12.7. The molecule has 0 aromatic carbocycles. The van der Waals surface area contributed by atoms with Crippen LogP contribution in [0.3, 0.4) is 0 Å². The van der Waals surface area contributed by atoms with E-state index >= 15 is 0 Å². The zero-order chi connectivity index (χ0) is 12.7. The maximum atomic E-state index is 12.2. The fourth-order valence-corrected chi connectivity index (χ4v) is 2.79. The molecule has 1 unspecified atom stereocenters. The van der Waals surface area contributed by atoms with Crippen molar-refractivity contribution in [2.75, 3.05) is 26.7 Å². The van der Waals surface area contributed by atoms with Crippen LogP contribution in [0.15, 0.2) is 0 Å². The number of alkyl halides is 3. The molecule has 1 amide bonds. The molecule has 17 heavy (non-hydrogen) atoms. The number of halogens is 3. The molecule has 1 N–H and O–H groups in total. The summed E-state index contributed by atoms with van der Waals surface area (Å²) in [7, 11) is 1.24. The SMILES string of the molecule is CN(CC(F)(F)F)C(=O)C1CC12CCNCC2. The number of carbonyl (C=O) groups is 1. The Balaban J connectivity index is 1.89. The van der Waals surface area contributed by atoms with Crippen molar-refractivity contribution in [2.45, 2.75) is 25.4 Å². The molecule has 1 saturated carbocycles. The lowest BCUT2D eigenvalue weighted by molar-refractivity contribution is -0.159. The Hall–Kier alpha value is -0.780. The largest absolute Gasteiger partial charge is 0.406 e. The normalized spacial score (nSPS) is 26.9. The summed E-state index contributed by atoms with van der Waals surface area (Å²) < 4.78 is 36.5. The zero-order valence-electron chi connectivity index (χ0n) is 9.81. The van der Waals surface area contributed by atoms with Crippen molar-refractivity contribution >= 4 is 5.91 Å². The highest BCUT2D eigenvalue weighted by Crippen LogP contribution is 2.59. The highest BCUT2D eigenvalue weighted by Gasteiger charge is 2.58. The van der Waals surface area contributed by atoms with Gasteiger partial charge in [0.15, 0.2) is 0 Å². The van der Waals surface area contributed by atoms with Crippen LogP contribution in [0.1, 0.15) is 19.3 Å². The van der Waals surface area contributed by atoms with Crippen LogP contribution in [0.2, 0.25) is 0 Å². The molecule has 1 spiro atoms. The smallest absolute Gasteiger partial charge is 0.336 e. The Morgan fingerprint density at radius 3 is 2.53 bits per heavy atom. The number of amides is 1. The minimum absolute atomic E-state index is 0.00217. The summed E-state index contributed by atoms with van der Waals surface area (Å²) in [5.41, 5.74) is 0.00217. The lowest BCUT2D eigenvalue weighted by Gasteiger charge is -2.25. The molecule has 1 aliphatic carbocycles. The summed E-state index contributed by atoms with van der Waals surface area (Å²) in [5, 5.41) is 3.20. The van der Waals surface area contributed by atoms with E-state index < -0.39 is 12.7 Å². The van der Waals surface area contributed by atoms with E-state index in [0.29, 0.717) is 0 Å². The highest BCUT2D eigenvalue weighted by atomic mass is 19.4. The van der Waals surface area contributed by atoms with Gasteiger partial charge in [0.1, 0.15) is 6.54 Å². The van der Waals surface area contributed by atoms with Gasteiger partial charge in [-0.25, -0.2) is 0 Å².